The van der Waals surface area contributed by atoms with Crippen LogP contribution in [0.15, 0.2) is 26.5 Å². The van der Waals surface area contributed by atoms with E-state index in [0.29, 0.717) is 26.3 Å². The number of benzene rings is 1. The molecule has 0 atom stereocenters. The van der Waals surface area contributed by atoms with Gasteiger partial charge in [-0.2, -0.15) is 0 Å². The highest BCUT2D eigenvalue weighted by Gasteiger charge is 2.25. The second-order valence-corrected chi connectivity index (χ2v) is 7.72. The molecule has 2 aliphatic rings. The fourth-order valence-electron chi connectivity index (χ4n) is 2.84. The van der Waals surface area contributed by atoms with Crippen molar-refractivity contribution in [3.8, 4) is 11.5 Å². The van der Waals surface area contributed by atoms with Crippen molar-refractivity contribution in [2.45, 2.75) is 38.1 Å². The summed E-state index contributed by atoms with van der Waals surface area (Å²) < 4.78 is 5.82. The zero-order valence-corrected chi connectivity index (χ0v) is 15.7. The van der Waals surface area contributed by atoms with E-state index >= 15 is 0 Å². The first-order chi connectivity index (χ1) is 11.6. The van der Waals surface area contributed by atoms with Crippen molar-refractivity contribution < 1.29 is 14.6 Å². The highest BCUT2D eigenvalue weighted by molar-refractivity contribution is 9.10. The maximum Gasteiger partial charge on any atom is 0.264 e. The van der Waals surface area contributed by atoms with Crippen LogP contribution in [0.4, 0.5) is 0 Å². The highest BCUT2D eigenvalue weighted by Crippen LogP contribution is 2.35. The van der Waals surface area contributed by atoms with Crippen molar-refractivity contribution in [2.75, 3.05) is 7.11 Å². The molecule has 128 valence electrons. The molecule has 1 amide bonds. The lowest BCUT2D eigenvalue weighted by Crippen LogP contribution is -2.22. The summed E-state index contributed by atoms with van der Waals surface area (Å²) in [6.07, 6.45) is 7.67. The molecule has 1 saturated carbocycles. The Kier molecular flexibility index (Phi) is 5.50. The Hall–Kier alpha value is -1.47. The van der Waals surface area contributed by atoms with Crippen molar-refractivity contribution in [3.05, 3.63) is 27.1 Å². The molecule has 0 aromatic heterocycles. The first-order valence-electron chi connectivity index (χ1n) is 7.92. The molecule has 3 rings (SSSR count). The number of carbonyl (C=O) groups excluding carboxylic acids is 1. The van der Waals surface area contributed by atoms with Crippen LogP contribution in [0.1, 0.15) is 37.7 Å². The number of nitrogens with one attached hydrogen (secondary N) is 1. The van der Waals surface area contributed by atoms with Gasteiger partial charge in [-0.25, -0.2) is 0 Å². The number of nitrogens with zero attached hydrogens (tertiary/aromatic N) is 1. The van der Waals surface area contributed by atoms with Crippen molar-refractivity contribution >= 4 is 44.8 Å². The van der Waals surface area contributed by atoms with Crippen molar-refractivity contribution in [1.82, 2.24) is 5.32 Å². The third kappa shape index (κ3) is 3.95. The molecule has 2 N–H and O–H groups in total. The standard InChI is InChI=1S/C17H19BrN2O3S/c1-23-14-7-10(12(18)9-13(14)21)8-15-16(22)20-17(24-15)19-11-5-3-2-4-6-11/h7-9,11,21H,2-6H2,1H3,(H,19,20,22). The van der Waals surface area contributed by atoms with Crippen molar-refractivity contribution in [3.63, 3.8) is 0 Å². The van der Waals surface area contributed by atoms with Gasteiger partial charge in [0.25, 0.3) is 5.91 Å². The minimum atomic E-state index is -0.145. The van der Waals surface area contributed by atoms with Gasteiger partial charge in [0.1, 0.15) is 0 Å². The number of phenols is 1. The number of thioether (sulfide) groups is 1. The number of hydrogen-bond acceptors (Lipinski definition) is 5. The van der Waals surface area contributed by atoms with Gasteiger partial charge in [0, 0.05) is 4.47 Å². The molecule has 1 aromatic rings. The van der Waals surface area contributed by atoms with E-state index < -0.39 is 0 Å². The molecule has 0 radical (unpaired) electrons. The van der Waals surface area contributed by atoms with Gasteiger partial charge in [0.15, 0.2) is 16.7 Å². The summed E-state index contributed by atoms with van der Waals surface area (Å²) >= 11 is 4.76. The summed E-state index contributed by atoms with van der Waals surface area (Å²) in [5.74, 6) is 0.271. The molecule has 0 bridgehead atoms. The van der Waals surface area contributed by atoms with E-state index in [-0.39, 0.29) is 11.7 Å². The van der Waals surface area contributed by atoms with E-state index in [2.05, 4.69) is 26.2 Å². The third-order valence-corrected chi connectivity index (χ3v) is 5.72. The van der Waals surface area contributed by atoms with Gasteiger partial charge in [-0.15, -0.1) is 0 Å². The molecule has 7 heteroatoms. The number of carbonyl (C=O) groups is 1. The lowest BCUT2D eigenvalue weighted by Gasteiger charge is -2.17. The Labute approximate surface area is 153 Å². The maximum atomic E-state index is 12.2. The van der Waals surface area contributed by atoms with Crippen molar-refractivity contribution in [2.24, 2.45) is 4.99 Å². The second-order valence-electron chi connectivity index (χ2n) is 5.84. The summed E-state index contributed by atoms with van der Waals surface area (Å²) in [6.45, 7) is 0. The van der Waals surface area contributed by atoms with E-state index in [9.17, 15) is 9.90 Å². The van der Waals surface area contributed by atoms with Crippen molar-refractivity contribution in [1.29, 1.82) is 0 Å². The minimum absolute atomic E-state index is 0.0506. The SMILES string of the molecule is COc1cc(C=C2SC(=NC3CCCCC3)NC2=O)c(Br)cc1O. The smallest absolute Gasteiger partial charge is 0.264 e. The number of hydrogen-bond donors (Lipinski definition) is 2. The van der Waals surface area contributed by atoms with E-state index in [0.717, 1.165) is 18.4 Å². The number of halogens is 1. The molecule has 1 aromatic carbocycles. The van der Waals surface area contributed by atoms with Crippen LogP contribution in [-0.4, -0.2) is 29.3 Å². The lowest BCUT2D eigenvalue weighted by molar-refractivity contribution is -0.115. The number of rotatable bonds is 3. The topological polar surface area (TPSA) is 70.9 Å². The van der Waals surface area contributed by atoms with E-state index in [1.54, 1.807) is 18.2 Å². The average molecular weight is 411 g/mol. The first kappa shape index (κ1) is 17.4. The largest absolute Gasteiger partial charge is 0.504 e. The Bertz CT molecular complexity index is 712. The fourth-order valence-corrected chi connectivity index (χ4v) is 4.17. The van der Waals surface area contributed by atoms with Gasteiger partial charge in [-0.05, 0) is 48.4 Å². The number of amides is 1. The number of amidine groups is 1. The van der Waals surface area contributed by atoms with Crippen LogP contribution in [0.3, 0.4) is 0 Å². The summed E-state index contributed by atoms with van der Waals surface area (Å²) in [7, 11) is 1.49. The van der Waals surface area contributed by atoms with Crippen LogP contribution in [0.2, 0.25) is 0 Å². The van der Waals surface area contributed by atoms with E-state index in [1.165, 1.54) is 38.1 Å². The molecule has 1 aliphatic heterocycles. The zero-order chi connectivity index (χ0) is 17.1. The average Bonchev–Trinajstić information content (AvgIpc) is 2.90. The number of methoxy groups -OCH3 is 1. The zero-order valence-electron chi connectivity index (χ0n) is 13.3. The van der Waals surface area contributed by atoms with Gasteiger partial charge in [-0.1, -0.05) is 35.2 Å². The maximum absolute atomic E-state index is 12.2. The van der Waals surface area contributed by atoms with Gasteiger partial charge in [0.2, 0.25) is 0 Å². The third-order valence-electron chi connectivity index (χ3n) is 4.11. The highest BCUT2D eigenvalue weighted by atomic mass is 79.9. The molecule has 1 aliphatic carbocycles. The fraction of sp³-hybridized carbons (Fsp3) is 0.412. The van der Waals surface area contributed by atoms with Gasteiger partial charge in [0.05, 0.1) is 18.1 Å². The number of aliphatic imine (C=N–C) groups is 1. The number of phenolic OH excluding ortho intramolecular Hbond substituents is 1. The molecule has 24 heavy (non-hydrogen) atoms. The minimum Gasteiger partial charge on any atom is -0.504 e. The Morgan fingerprint density at radius 1 is 1.38 bits per heavy atom. The second kappa shape index (κ2) is 7.61. The van der Waals surface area contributed by atoms with Crippen LogP contribution in [0.25, 0.3) is 6.08 Å². The molecular formula is C17H19BrN2O3S. The summed E-state index contributed by atoms with van der Waals surface area (Å²) in [4.78, 5) is 17.4. The predicted molar refractivity (Wildman–Crippen MR) is 100 cm³/mol. The van der Waals surface area contributed by atoms with Crippen LogP contribution >= 0.6 is 27.7 Å². The number of aromatic hydroxyl groups is 1. The molecule has 2 fully saturated rings. The molecule has 0 spiro atoms. The van der Waals surface area contributed by atoms with Gasteiger partial charge >= 0.3 is 0 Å². The first-order valence-corrected chi connectivity index (χ1v) is 9.53. The van der Waals surface area contributed by atoms with Crippen LogP contribution in [0.5, 0.6) is 11.5 Å². The normalized spacial score (nSPS) is 22.2. The summed E-state index contributed by atoms with van der Waals surface area (Å²) in [5.41, 5.74) is 0.765. The quantitative estimate of drug-likeness (QED) is 0.737. The molecule has 1 saturated heterocycles. The number of ether oxygens (including phenoxy) is 1. The van der Waals surface area contributed by atoms with Gasteiger partial charge in [-0.3, -0.25) is 9.79 Å². The van der Waals surface area contributed by atoms with E-state index in [4.69, 9.17) is 4.74 Å². The molecule has 0 unspecified atom stereocenters. The Balaban J connectivity index is 1.81. The van der Waals surface area contributed by atoms with Crippen LogP contribution in [0, 0.1) is 0 Å². The molecule has 5 nitrogen and oxygen atoms in total. The monoisotopic (exact) mass is 410 g/mol. The van der Waals surface area contributed by atoms with Crippen LogP contribution < -0.4 is 10.1 Å². The summed E-state index contributed by atoms with van der Waals surface area (Å²) in [6, 6.07) is 3.57. The van der Waals surface area contributed by atoms with E-state index in [1.807, 2.05) is 0 Å². The Morgan fingerprint density at radius 2 is 2.12 bits per heavy atom. The predicted octanol–water partition coefficient (Wildman–Crippen LogP) is 4.06. The van der Waals surface area contributed by atoms with Gasteiger partial charge < -0.3 is 15.2 Å². The van der Waals surface area contributed by atoms with Crippen LogP contribution in [-0.2, 0) is 4.79 Å². The molecular weight excluding hydrogens is 392 g/mol. The Morgan fingerprint density at radius 3 is 2.83 bits per heavy atom. The molecule has 1 heterocycles. The lowest BCUT2D eigenvalue weighted by atomic mass is 9.96. The summed E-state index contributed by atoms with van der Waals surface area (Å²) in [5, 5.41) is 13.3.